The van der Waals surface area contributed by atoms with Gasteiger partial charge in [-0.3, -0.25) is 9.59 Å². The molecule has 3 aromatic carbocycles. The summed E-state index contributed by atoms with van der Waals surface area (Å²) in [5.41, 5.74) is 1.25. The van der Waals surface area contributed by atoms with Gasteiger partial charge in [-0.1, -0.05) is 17.7 Å². The number of phenols is 7. The van der Waals surface area contributed by atoms with Gasteiger partial charge in [-0.15, -0.1) is 0 Å². The van der Waals surface area contributed by atoms with Crippen molar-refractivity contribution in [1.82, 2.24) is 0 Å². The summed E-state index contributed by atoms with van der Waals surface area (Å²) >= 11 is 0. The summed E-state index contributed by atoms with van der Waals surface area (Å²) in [6.45, 7) is 4.11. The average Bonchev–Trinajstić information content (AvgIpc) is 2.73. The van der Waals surface area contributed by atoms with Crippen molar-refractivity contribution in [2.24, 2.45) is 0 Å². The molecule has 9 nitrogen and oxygen atoms in total. The highest BCUT2D eigenvalue weighted by molar-refractivity contribution is 6.00. The van der Waals surface area contributed by atoms with Gasteiger partial charge in [-0.25, -0.2) is 0 Å². The fourth-order valence-electron chi connectivity index (χ4n) is 4.07. The van der Waals surface area contributed by atoms with Crippen molar-refractivity contribution >= 4 is 11.6 Å². The Hall–Kier alpha value is -4.40. The van der Waals surface area contributed by atoms with Crippen LogP contribution in [0, 0.1) is 6.92 Å². The summed E-state index contributed by atoms with van der Waals surface area (Å²) in [6, 6.07) is 5.50. The van der Waals surface area contributed by atoms with E-state index in [1.807, 2.05) is 0 Å². The number of phenolic OH excluding ortho intramolecular Hbond substituents is 7. The fraction of sp³-hybridized carbons (Fsp3) is 0.200. The largest absolute Gasteiger partial charge is 0.507 e. The van der Waals surface area contributed by atoms with Crippen molar-refractivity contribution in [2.45, 2.75) is 33.6 Å². The summed E-state index contributed by atoms with van der Waals surface area (Å²) in [4.78, 5) is 24.2. The molecule has 0 spiro atoms. The molecule has 3 rings (SSSR count). The van der Waals surface area contributed by atoms with Crippen LogP contribution in [0.15, 0.2) is 24.3 Å². The Balaban J connectivity index is 2.13. The maximum atomic E-state index is 12.1. The van der Waals surface area contributed by atoms with Gasteiger partial charge in [0.05, 0.1) is 11.1 Å². The summed E-state index contributed by atoms with van der Waals surface area (Å²) < 4.78 is 0. The van der Waals surface area contributed by atoms with E-state index in [9.17, 15) is 45.3 Å². The number of Topliss-reactive ketones (excluding diaryl/α,β-unsaturated/α-hetero) is 2. The number of aryl methyl sites for hydroxylation is 1. The first-order valence-electron chi connectivity index (χ1n) is 10.2. The van der Waals surface area contributed by atoms with Crippen molar-refractivity contribution in [3.05, 3.63) is 63.2 Å². The van der Waals surface area contributed by atoms with Crippen LogP contribution in [-0.4, -0.2) is 47.3 Å². The van der Waals surface area contributed by atoms with Gasteiger partial charge in [0.1, 0.15) is 5.75 Å². The summed E-state index contributed by atoms with van der Waals surface area (Å²) in [5, 5.41) is 70.6. The zero-order valence-electron chi connectivity index (χ0n) is 18.7. The molecule has 34 heavy (non-hydrogen) atoms. The van der Waals surface area contributed by atoms with Gasteiger partial charge < -0.3 is 35.7 Å². The minimum Gasteiger partial charge on any atom is -0.507 e. The number of benzene rings is 3. The summed E-state index contributed by atoms with van der Waals surface area (Å²) in [6.07, 6.45) is -0.190. The minimum atomic E-state index is -0.827. The standard InChI is InChI=1S/C25H24O9/c1-10-4-15(6-13-8-17(28)22(31)24(33)19(13)11(2)26)21(30)16(5-10)7-14-9-18(29)23(32)25(34)20(14)12(3)27/h4-5,8-9,28-34H,6-7H2,1-3H3. The molecule has 0 bridgehead atoms. The molecule has 0 aliphatic carbocycles. The van der Waals surface area contributed by atoms with E-state index in [4.69, 9.17) is 0 Å². The van der Waals surface area contributed by atoms with E-state index in [2.05, 4.69) is 0 Å². The molecule has 178 valence electrons. The number of carbonyl (C=O) groups excluding carboxylic acids is 2. The molecule has 0 atom stereocenters. The van der Waals surface area contributed by atoms with Gasteiger partial charge in [0.15, 0.2) is 34.6 Å². The Morgan fingerprint density at radius 3 is 1.24 bits per heavy atom. The maximum absolute atomic E-state index is 12.1. The van der Waals surface area contributed by atoms with Crippen molar-refractivity contribution in [1.29, 1.82) is 0 Å². The van der Waals surface area contributed by atoms with Crippen LogP contribution in [-0.2, 0) is 12.8 Å². The van der Waals surface area contributed by atoms with Gasteiger partial charge in [-0.05, 0) is 55.2 Å². The lowest BCUT2D eigenvalue weighted by atomic mass is 9.90. The van der Waals surface area contributed by atoms with Crippen LogP contribution in [0.1, 0.15) is 62.4 Å². The predicted octanol–water partition coefficient (Wildman–Crippen LogP) is 3.52. The lowest BCUT2D eigenvalue weighted by molar-refractivity contribution is 0.100. The van der Waals surface area contributed by atoms with Gasteiger partial charge in [0.2, 0.25) is 11.5 Å². The number of hydrogen-bond acceptors (Lipinski definition) is 9. The average molecular weight is 468 g/mol. The third kappa shape index (κ3) is 4.27. The lowest BCUT2D eigenvalue weighted by Crippen LogP contribution is -2.05. The molecular weight excluding hydrogens is 444 g/mol. The van der Waals surface area contributed by atoms with Crippen LogP contribution in [0.2, 0.25) is 0 Å². The van der Waals surface area contributed by atoms with E-state index < -0.39 is 46.1 Å². The molecule has 0 heterocycles. The van der Waals surface area contributed by atoms with Crippen molar-refractivity contribution in [3.8, 4) is 40.2 Å². The highest BCUT2D eigenvalue weighted by Crippen LogP contribution is 2.43. The van der Waals surface area contributed by atoms with Crippen molar-refractivity contribution in [3.63, 3.8) is 0 Å². The van der Waals surface area contributed by atoms with Crippen LogP contribution in [0.3, 0.4) is 0 Å². The highest BCUT2D eigenvalue weighted by atomic mass is 16.3. The Bertz CT molecular complexity index is 1240. The van der Waals surface area contributed by atoms with Crippen molar-refractivity contribution in [2.75, 3.05) is 0 Å². The molecule has 0 fully saturated rings. The quantitative estimate of drug-likeness (QED) is 0.211. The summed E-state index contributed by atoms with van der Waals surface area (Å²) in [7, 11) is 0. The third-order valence-electron chi connectivity index (χ3n) is 5.55. The monoisotopic (exact) mass is 468 g/mol. The van der Waals surface area contributed by atoms with Gasteiger partial charge in [0.25, 0.3) is 0 Å². The highest BCUT2D eigenvalue weighted by Gasteiger charge is 2.24. The Morgan fingerprint density at radius 1 is 0.559 bits per heavy atom. The van der Waals surface area contributed by atoms with E-state index in [0.29, 0.717) is 16.7 Å². The smallest absolute Gasteiger partial charge is 0.201 e. The fourth-order valence-corrected chi connectivity index (χ4v) is 4.07. The van der Waals surface area contributed by atoms with Crippen molar-refractivity contribution < 1.29 is 45.3 Å². The number of aromatic hydroxyl groups is 7. The molecule has 0 saturated heterocycles. The minimum absolute atomic E-state index is 0.0948. The molecule has 0 saturated carbocycles. The second-order valence-corrected chi connectivity index (χ2v) is 8.15. The first-order valence-corrected chi connectivity index (χ1v) is 10.2. The topological polar surface area (TPSA) is 176 Å². The van der Waals surface area contributed by atoms with E-state index in [1.54, 1.807) is 19.1 Å². The van der Waals surface area contributed by atoms with Crippen LogP contribution < -0.4 is 0 Å². The second kappa shape index (κ2) is 8.86. The van der Waals surface area contributed by atoms with E-state index in [0.717, 1.165) is 12.1 Å². The van der Waals surface area contributed by atoms with Crippen LogP contribution in [0.4, 0.5) is 0 Å². The molecular formula is C25H24O9. The lowest BCUT2D eigenvalue weighted by Gasteiger charge is -2.17. The van der Waals surface area contributed by atoms with E-state index in [-0.39, 0.29) is 40.8 Å². The molecule has 7 N–H and O–H groups in total. The Morgan fingerprint density at radius 2 is 0.912 bits per heavy atom. The van der Waals surface area contributed by atoms with E-state index in [1.165, 1.54) is 13.8 Å². The molecule has 3 aromatic rings. The number of carbonyl (C=O) groups is 2. The number of rotatable bonds is 6. The van der Waals surface area contributed by atoms with Gasteiger partial charge in [-0.2, -0.15) is 0 Å². The second-order valence-electron chi connectivity index (χ2n) is 8.15. The van der Waals surface area contributed by atoms with E-state index >= 15 is 0 Å². The molecule has 0 unspecified atom stereocenters. The first kappa shape index (κ1) is 24.2. The predicted molar refractivity (Wildman–Crippen MR) is 121 cm³/mol. The van der Waals surface area contributed by atoms with Crippen LogP contribution >= 0.6 is 0 Å². The van der Waals surface area contributed by atoms with Crippen LogP contribution in [0.5, 0.6) is 40.2 Å². The van der Waals surface area contributed by atoms with Gasteiger partial charge in [0, 0.05) is 12.8 Å². The molecule has 0 radical (unpaired) electrons. The van der Waals surface area contributed by atoms with Crippen LogP contribution in [0.25, 0.3) is 0 Å². The zero-order chi connectivity index (χ0) is 25.5. The zero-order valence-corrected chi connectivity index (χ0v) is 18.7. The normalized spacial score (nSPS) is 10.9. The first-order chi connectivity index (χ1) is 15.8. The SMILES string of the molecule is CC(=O)c1c(Cc2cc(C)cc(Cc3cc(O)c(O)c(O)c3C(C)=O)c2O)cc(O)c(O)c1O. The van der Waals surface area contributed by atoms with Gasteiger partial charge >= 0.3 is 0 Å². The molecule has 0 aliphatic rings. The molecule has 0 aromatic heterocycles. The number of hydrogen-bond donors (Lipinski definition) is 7. The molecule has 0 amide bonds. The Labute approximate surface area is 194 Å². The molecule has 0 aliphatic heterocycles. The summed E-state index contributed by atoms with van der Waals surface area (Å²) in [5.74, 6) is -5.79. The third-order valence-corrected chi connectivity index (χ3v) is 5.55. The Kier molecular flexibility index (Phi) is 6.32. The molecule has 9 heteroatoms. The number of ketones is 2. The maximum Gasteiger partial charge on any atom is 0.201 e.